The summed E-state index contributed by atoms with van der Waals surface area (Å²) >= 11 is 0. The number of β-amino-alcohol motifs (C(OH)–C–C–N with tert-alkyl or cyclic N) is 1. The van der Waals surface area contributed by atoms with Crippen LogP contribution in [0.2, 0.25) is 0 Å². The van der Waals surface area contributed by atoms with E-state index >= 15 is 0 Å². The Morgan fingerprint density at radius 3 is 3.17 bits per heavy atom. The zero-order valence-electron chi connectivity index (χ0n) is 14.3. The van der Waals surface area contributed by atoms with E-state index in [0.29, 0.717) is 32.8 Å². The van der Waals surface area contributed by atoms with Gasteiger partial charge in [-0.2, -0.15) is 5.10 Å². The Bertz CT molecular complexity index is 598. The van der Waals surface area contributed by atoms with E-state index in [1.807, 2.05) is 6.92 Å². The van der Waals surface area contributed by atoms with E-state index in [2.05, 4.69) is 10.00 Å². The van der Waals surface area contributed by atoms with Crippen LogP contribution in [-0.4, -0.2) is 64.9 Å². The normalized spacial score (nSPS) is 22.5. The van der Waals surface area contributed by atoms with Crippen molar-refractivity contribution in [3.63, 3.8) is 0 Å². The molecular weight excluding hydrogens is 310 g/mol. The van der Waals surface area contributed by atoms with Gasteiger partial charge in [0.25, 0.3) is 5.56 Å². The first kappa shape index (κ1) is 17.5. The molecule has 3 rings (SSSR count). The average molecular weight is 337 g/mol. The zero-order valence-corrected chi connectivity index (χ0v) is 14.3. The fourth-order valence-corrected chi connectivity index (χ4v) is 3.34. The number of hydrogen-bond acceptors (Lipinski definition) is 6. The number of aromatic nitrogens is 2. The zero-order chi connectivity index (χ0) is 16.9. The van der Waals surface area contributed by atoms with Crippen molar-refractivity contribution in [1.82, 2.24) is 14.7 Å². The number of nitrogens with zero attached hydrogens (tertiary/aromatic N) is 3. The number of hydrogen-bond donors (Lipinski definition) is 1. The fourth-order valence-electron chi connectivity index (χ4n) is 3.34. The van der Waals surface area contributed by atoms with Crippen LogP contribution in [0.3, 0.4) is 0 Å². The molecule has 2 aliphatic rings. The fraction of sp³-hybridized carbons (Fsp3) is 0.765. The Labute approximate surface area is 142 Å². The number of rotatable bonds is 7. The van der Waals surface area contributed by atoms with E-state index < -0.39 is 6.10 Å². The number of aliphatic hydroxyl groups excluding tert-OH is 1. The van der Waals surface area contributed by atoms with Crippen LogP contribution in [0.5, 0.6) is 0 Å². The maximum atomic E-state index is 11.9. The summed E-state index contributed by atoms with van der Waals surface area (Å²) in [7, 11) is 0. The minimum atomic E-state index is -0.531. The van der Waals surface area contributed by atoms with Crippen LogP contribution < -0.4 is 5.56 Å². The molecule has 0 bridgehead atoms. The summed E-state index contributed by atoms with van der Waals surface area (Å²) in [5, 5.41) is 14.6. The molecule has 7 heteroatoms. The molecule has 1 N–H and O–H groups in total. The highest BCUT2D eigenvalue weighted by Crippen LogP contribution is 2.16. The predicted octanol–water partition coefficient (Wildman–Crippen LogP) is 0.178. The minimum Gasteiger partial charge on any atom is -0.389 e. The lowest BCUT2D eigenvalue weighted by molar-refractivity contribution is -0.0262. The second kappa shape index (κ2) is 8.20. The molecule has 24 heavy (non-hydrogen) atoms. The van der Waals surface area contributed by atoms with Crippen LogP contribution in [0, 0.1) is 0 Å². The Hall–Kier alpha value is -1.28. The average Bonchev–Trinajstić information content (AvgIpc) is 3.07. The maximum absolute atomic E-state index is 11.9. The van der Waals surface area contributed by atoms with Crippen molar-refractivity contribution in [2.24, 2.45) is 0 Å². The highest BCUT2D eigenvalue weighted by molar-refractivity contribution is 5.20. The molecule has 3 heterocycles. The molecule has 0 amide bonds. The summed E-state index contributed by atoms with van der Waals surface area (Å²) in [6.07, 6.45) is 2.60. The monoisotopic (exact) mass is 337 g/mol. The molecule has 134 valence electrons. The molecule has 1 aromatic rings. The molecule has 0 spiro atoms. The largest absolute Gasteiger partial charge is 0.389 e. The quantitative estimate of drug-likeness (QED) is 0.765. The first-order valence-electron chi connectivity index (χ1n) is 8.85. The Morgan fingerprint density at radius 1 is 1.54 bits per heavy atom. The highest BCUT2D eigenvalue weighted by Gasteiger charge is 2.22. The summed E-state index contributed by atoms with van der Waals surface area (Å²) in [5.41, 5.74) is 1.92. The van der Waals surface area contributed by atoms with Gasteiger partial charge in [0, 0.05) is 45.3 Å². The third-order valence-electron chi connectivity index (χ3n) is 4.63. The van der Waals surface area contributed by atoms with Crippen molar-refractivity contribution in [2.75, 3.05) is 32.9 Å². The van der Waals surface area contributed by atoms with Gasteiger partial charge < -0.3 is 14.6 Å². The van der Waals surface area contributed by atoms with Crippen LogP contribution in [0.15, 0.2) is 10.9 Å². The summed E-state index contributed by atoms with van der Waals surface area (Å²) in [4.78, 5) is 14.1. The second-order valence-electron chi connectivity index (χ2n) is 6.58. The minimum absolute atomic E-state index is 0.0569. The third-order valence-corrected chi connectivity index (χ3v) is 4.63. The van der Waals surface area contributed by atoms with E-state index in [4.69, 9.17) is 9.47 Å². The van der Waals surface area contributed by atoms with Gasteiger partial charge in [0.1, 0.15) is 0 Å². The lowest BCUT2D eigenvalue weighted by Gasteiger charge is -2.29. The molecule has 1 aromatic heterocycles. The van der Waals surface area contributed by atoms with Crippen LogP contribution >= 0.6 is 0 Å². The van der Waals surface area contributed by atoms with E-state index in [1.165, 1.54) is 4.68 Å². The molecule has 0 aromatic carbocycles. The second-order valence-corrected chi connectivity index (χ2v) is 6.58. The van der Waals surface area contributed by atoms with Gasteiger partial charge in [-0.25, -0.2) is 4.68 Å². The summed E-state index contributed by atoms with van der Waals surface area (Å²) in [5.74, 6) is 0. The lowest BCUT2D eigenvalue weighted by Crippen LogP contribution is -2.40. The maximum Gasteiger partial charge on any atom is 0.267 e. The summed E-state index contributed by atoms with van der Waals surface area (Å²) in [6, 6.07) is 1.68. The topological polar surface area (TPSA) is 76.8 Å². The molecule has 0 aliphatic carbocycles. The summed E-state index contributed by atoms with van der Waals surface area (Å²) < 4.78 is 12.6. The van der Waals surface area contributed by atoms with Crippen LogP contribution in [0.1, 0.15) is 31.0 Å². The van der Waals surface area contributed by atoms with Gasteiger partial charge in [0.05, 0.1) is 31.1 Å². The highest BCUT2D eigenvalue weighted by atomic mass is 16.5. The first-order valence-corrected chi connectivity index (χ1v) is 8.85. The van der Waals surface area contributed by atoms with Crippen molar-refractivity contribution in [3.8, 4) is 0 Å². The molecular formula is C17H27N3O4. The van der Waals surface area contributed by atoms with Gasteiger partial charge in [0.15, 0.2) is 0 Å². The molecule has 2 atom stereocenters. The van der Waals surface area contributed by atoms with E-state index in [1.54, 1.807) is 6.07 Å². The molecule has 2 aliphatic heterocycles. The third kappa shape index (κ3) is 4.42. The lowest BCUT2D eigenvalue weighted by atomic mass is 10.1. The number of aliphatic hydroxyl groups is 1. The van der Waals surface area contributed by atoms with Gasteiger partial charge in [0.2, 0.25) is 0 Å². The van der Waals surface area contributed by atoms with Gasteiger partial charge in [-0.15, -0.1) is 0 Å². The Morgan fingerprint density at radius 2 is 2.42 bits per heavy atom. The van der Waals surface area contributed by atoms with E-state index in [-0.39, 0.29) is 11.7 Å². The molecule has 7 nitrogen and oxygen atoms in total. The first-order chi connectivity index (χ1) is 11.7. The van der Waals surface area contributed by atoms with Gasteiger partial charge in [-0.1, -0.05) is 0 Å². The van der Waals surface area contributed by atoms with Crippen molar-refractivity contribution < 1.29 is 14.6 Å². The SMILES string of the molecule is CCn1nc2c(cc1=O)CN(C[C@@H](O)COC[C@@H]1CCCO1)CC2. The van der Waals surface area contributed by atoms with Gasteiger partial charge in [-0.3, -0.25) is 9.69 Å². The van der Waals surface area contributed by atoms with Crippen LogP contribution in [0.25, 0.3) is 0 Å². The van der Waals surface area contributed by atoms with Crippen molar-refractivity contribution in [3.05, 3.63) is 27.7 Å². The molecule has 1 saturated heterocycles. The predicted molar refractivity (Wildman–Crippen MR) is 89.0 cm³/mol. The number of ether oxygens (including phenoxy) is 2. The Kier molecular flexibility index (Phi) is 5.99. The smallest absolute Gasteiger partial charge is 0.267 e. The van der Waals surface area contributed by atoms with Crippen molar-refractivity contribution in [2.45, 2.75) is 51.5 Å². The molecule has 1 fully saturated rings. The van der Waals surface area contributed by atoms with Crippen molar-refractivity contribution in [1.29, 1.82) is 0 Å². The van der Waals surface area contributed by atoms with E-state index in [9.17, 15) is 9.90 Å². The van der Waals surface area contributed by atoms with Gasteiger partial charge >= 0.3 is 0 Å². The Balaban J connectivity index is 1.46. The number of fused-ring (bicyclic) bond motifs is 1. The van der Waals surface area contributed by atoms with Crippen molar-refractivity contribution >= 4 is 0 Å². The number of aryl methyl sites for hydroxylation is 1. The van der Waals surface area contributed by atoms with Crippen LogP contribution in [-0.2, 0) is 29.0 Å². The molecule has 0 unspecified atom stereocenters. The van der Waals surface area contributed by atoms with Crippen LogP contribution in [0.4, 0.5) is 0 Å². The summed E-state index contributed by atoms with van der Waals surface area (Å²) in [6.45, 7) is 6.24. The molecule has 0 saturated carbocycles. The van der Waals surface area contributed by atoms with Gasteiger partial charge in [-0.05, 0) is 25.3 Å². The van der Waals surface area contributed by atoms with E-state index in [0.717, 1.165) is 43.7 Å². The molecule has 0 radical (unpaired) electrons. The standard InChI is InChI=1S/C17H27N3O4/c1-2-20-17(22)8-13-9-19(6-5-16(13)18-20)10-14(21)11-23-12-15-4-3-7-24-15/h8,14-15,21H,2-7,9-12H2,1H3/t14-,15+/m1/s1.